The number of guanidine groups is 1. The summed E-state index contributed by atoms with van der Waals surface area (Å²) in [5.74, 6) is 4.31. The van der Waals surface area contributed by atoms with Gasteiger partial charge in [0.1, 0.15) is 0 Å². The van der Waals surface area contributed by atoms with Crippen molar-refractivity contribution in [2.75, 3.05) is 0 Å². The molecule has 0 unspecified atom stereocenters. The molecular formula is C25H20Cl2F3N7O. The van der Waals surface area contributed by atoms with Crippen molar-refractivity contribution in [3.8, 4) is 22.5 Å². The predicted molar refractivity (Wildman–Crippen MR) is 140 cm³/mol. The highest BCUT2D eigenvalue weighted by Gasteiger charge is 2.30. The van der Waals surface area contributed by atoms with Gasteiger partial charge in [0.25, 0.3) is 5.91 Å². The summed E-state index contributed by atoms with van der Waals surface area (Å²) in [6, 6.07) is 18.1. The van der Waals surface area contributed by atoms with Gasteiger partial charge in [0.2, 0.25) is 5.96 Å². The SMILES string of the molecule is NN/N=C(\N)NC(=O)c1ccc(Cn2nc(-c3cc(Cl)cc(Cl)c3)cc2-c2cccc(C(F)(F)F)c2)cc1. The molecule has 1 heterocycles. The van der Waals surface area contributed by atoms with Crippen molar-refractivity contribution in [3.63, 3.8) is 0 Å². The van der Waals surface area contributed by atoms with Crippen LogP contribution in [0.4, 0.5) is 13.2 Å². The summed E-state index contributed by atoms with van der Waals surface area (Å²) >= 11 is 12.3. The number of rotatable bonds is 6. The Morgan fingerprint density at radius 2 is 1.66 bits per heavy atom. The second-order valence-electron chi connectivity index (χ2n) is 8.09. The number of amides is 1. The van der Waals surface area contributed by atoms with Crippen LogP contribution in [0.5, 0.6) is 0 Å². The molecule has 0 fully saturated rings. The summed E-state index contributed by atoms with van der Waals surface area (Å²) in [6.07, 6.45) is -4.51. The molecule has 6 N–H and O–H groups in total. The fourth-order valence-corrected chi connectivity index (χ4v) is 4.21. The van der Waals surface area contributed by atoms with E-state index in [1.165, 1.54) is 6.07 Å². The van der Waals surface area contributed by atoms with Crippen molar-refractivity contribution in [2.45, 2.75) is 12.7 Å². The lowest BCUT2D eigenvalue weighted by Gasteiger charge is -2.11. The highest BCUT2D eigenvalue weighted by molar-refractivity contribution is 6.35. The van der Waals surface area contributed by atoms with E-state index in [2.05, 4.69) is 15.5 Å². The first-order valence-electron chi connectivity index (χ1n) is 10.9. The van der Waals surface area contributed by atoms with Crippen LogP contribution in [0.2, 0.25) is 10.0 Å². The molecule has 0 saturated heterocycles. The number of nitrogens with one attached hydrogen (secondary N) is 2. The molecule has 13 heteroatoms. The van der Waals surface area contributed by atoms with Gasteiger partial charge in [-0.15, -0.1) is 5.10 Å². The summed E-state index contributed by atoms with van der Waals surface area (Å²) in [7, 11) is 0. The normalized spacial score (nSPS) is 11.9. The van der Waals surface area contributed by atoms with E-state index in [0.29, 0.717) is 38.1 Å². The standard InChI is InChI=1S/C25H20Cl2F3N7O/c26-19-9-17(10-20(27)11-19)21-12-22(16-2-1-3-18(8-16)25(28,29)30)37(35-21)13-14-4-6-15(7-5-14)23(38)33-24(31)34-36-32/h1-12,36H,13,32H2,(H3,31,33,34,38). The minimum atomic E-state index is -4.51. The maximum absolute atomic E-state index is 13.4. The van der Waals surface area contributed by atoms with Crippen LogP contribution in [0.15, 0.2) is 77.9 Å². The van der Waals surface area contributed by atoms with Gasteiger partial charge in [-0.1, -0.05) is 47.5 Å². The van der Waals surface area contributed by atoms with E-state index in [-0.39, 0.29) is 12.5 Å². The first-order valence-corrected chi connectivity index (χ1v) is 11.7. The molecule has 196 valence electrons. The fraction of sp³-hybridized carbons (Fsp3) is 0.0800. The predicted octanol–water partition coefficient (Wildman–Crippen LogP) is 5.01. The quantitative estimate of drug-likeness (QED) is 0.114. The number of hydrazine groups is 1. The van der Waals surface area contributed by atoms with Gasteiger partial charge in [-0.25, -0.2) is 11.4 Å². The van der Waals surface area contributed by atoms with Crippen molar-refractivity contribution in [3.05, 3.63) is 99.5 Å². The number of nitrogens with two attached hydrogens (primary N) is 2. The molecule has 3 aromatic carbocycles. The smallest absolute Gasteiger partial charge is 0.368 e. The van der Waals surface area contributed by atoms with Crippen molar-refractivity contribution < 1.29 is 18.0 Å². The van der Waals surface area contributed by atoms with Crippen molar-refractivity contribution in [2.24, 2.45) is 16.7 Å². The Hall–Kier alpha value is -4.06. The minimum absolute atomic E-state index is 0.197. The molecule has 0 aliphatic rings. The molecular weight excluding hydrogens is 542 g/mol. The first kappa shape index (κ1) is 27.0. The lowest BCUT2D eigenvalue weighted by Crippen LogP contribution is -2.39. The molecule has 0 aliphatic heterocycles. The van der Waals surface area contributed by atoms with E-state index in [9.17, 15) is 18.0 Å². The lowest BCUT2D eigenvalue weighted by atomic mass is 10.1. The number of carbonyl (C=O) groups excluding carboxylic acids is 1. The number of aromatic nitrogens is 2. The Labute approximate surface area is 225 Å². The average Bonchev–Trinajstić information content (AvgIpc) is 3.27. The second-order valence-corrected chi connectivity index (χ2v) is 8.96. The van der Waals surface area contributed by atoms with Crippen LogP contribution in [-0.4, -0.2) is 21.6 Å². The fourth-order valence-electron chi connectivity index (χ4n) is 3.69. The van der Waals surface area contributed by atoms with E-state index in [1.807, 2.05) is 5.53 Å². The third-order valence-corrected chi connectivity index (χ3v) is 5.84. The van der Waals surface area contributed by atoms with Gasteiger partial charge in [-0.3, -0.25) is 14.8 Å². The van der Waals surface area contributed by atoms with Crippen LogP contribution < -0.4 is 22.4 Å². The number of hydrazone groups is 1. The molecule has 0 aliphatic carbocycles. The van der Waals surface area contributed by atoms with Crippen molar-refractivity contribution >= 4 is 35.1 Å². The Kier molecular flexibility index (Phi) is 7.91. The average molecular weight is 562 g/mol. The summed E-state index contributed by atoms with van der Waals surface area (Å²) in [5.41, 5.74) is 9.59. The molecule has 0 radical (unpaired) electrons. The summed E-state index contributed by atoms with van der Waals surface area (Å²) in [5, 5.41) is 11.2. The molecule has 0 atom stereocenters. The van der Waals surface area contributed by atoms with Gasteiger partial charge < -0.3 is 5.73 Å². The molecule has 4 rings (SSSR count). The molecule has 1 aromatic heterocycles. The zero-order valence-corrected chi connectivity index (χ0v) is 20.9. The maximum Gasteiger partial charge on any atom is 0.416 e. The van der Waals surface area contributed by atoms with Crippen molar-refractivity contribution in [1.82, 2.24) is 20.6 Å². The molecule has 38 heavy (non-hydrogen) atoms. The molecule has 1 amide bonds. The van der Waals surface area contributed by atoms with Crippen LogP contribution in [0.25, 0.3) is 22.5 Å². The Morgan fingerprint density at radius 3 is 2.29 bits per heavy atom. The maximum atomic E-state index is 13.4. The Bertz CT molecular complexity index is 1480. The van der Waals surface area contributed by atoms with E-state index >= 15 is 0 Å². The molecule has 4 aromatic rings. The lowest BCUT2D eigenvalue weighted by molar-refractivity contribution is -0.137. The zero-order valence-electron chi connectivity index (χ0n) is 19.4. The van der Waals surface area contributed by atoms with E-state index in [0.717, 1.165) is 17.7 Å². The number of carbonyl (C=O) groups is 1. The number of benzene rings is 3. The zero-order chi connectivity index (χ0) is 27.4. The van der Waals surface area contributed by atoms with Crippen LogP contribution in [0.3, 0.4) is 0 Å². The second kappa shape index (κ2) is 11.1. The van der Waals surface area contributed by atoms with Gasteiger partial charge in [0.05, 0.1) is 23.5 Å². The van der Waals surface area contributed by atoms with Gasteiger partial charge >= 0.3 is 6.18 Å². The van der Waals surface area contributed by atoms with Gasteiger partial charge in [-0.05, 0) is 54.1 Å². The van der Waals surface area contributed by atoms with Crippen LogP contribution in [0.1, 0.15) is 21.5 Å². The van der Waals surface area contributed by atoms with Crippen LogP contribution in [-0.2, 0) is 12.7 Å². The topological polar surface area (TPSA) is 123 Å². The first-order chi connectivity index (χ1) is 18.0. The monoisotopic (exact) mass is 561 g/mol. The Morgan fingerprint density at radius 1 is 0.974 bits per heavy atom. The van der Waals surface area contributed by atoms with Crippen LogP contribution >= 0.6 is 23.2 Å². The molecule has 0 saturated carbocycles. The number of alkyl halides is 3. The van der Waals surface area contributed by atoms with Crippen LogP contribution in [0, 0.1) is 0 Å². The number of nitrogens with zero attached hydrogens (tertiary/aromatic N) is 3. The number of halogens is 5. The van der Waals surface area contributed by atoms with Gasteiger partial charge in [0.15, 0.2) is 0 Å². The van der Waals surface area contributed by atoms with E-state index in [1.54, 1.807) is 59.3 Å². The molecule has 8 nitrogen and oxygen atoms in total. The largest absolute Gasteiger partial charge is 0.416 e. The van der Waals surface area contributed by atoms with Gasteiger partial charge in [-0.2, -0.15) is 18.3 Å². The molecule has 0 bridgehead atoms. The van der Waals surface area contributed by atoms with Crippen molar-refractivity contribution in [1.29, 1.82) is 0 Å². The number of hydrogen-bond acceptors (Lipinski definition) is 5. The minimum Gasteiger partial charge on any atom is -0.368 e. The molecule has 0 spiro atoms. The summed E-state index contributed by atoms with van der Waals surface area (Å²) in [6.45, 7) is 0.197. The number of hydrogen-bond donors (Lipinski definition) is 4. The van der Waals surface area contributed by atoms with E-state index < -0.39 is 17.6 Å². The van der Waals surface area contributed by atoms with E-state index in [4.69, 9.17) is 34.8 Å². The highest BCUT2D eigenvalue weighted by atomic mass is 35.5. The third-order valence-electron chi connectivity index (χ3n) is 5.40. The highest BCUT2D eigenvalue weighted by Crippen LogP contribution is 2.34. The summed E-state index contributed by atoms with van der Waals surface area (Å²) in [4.78, 5) is 12.3. The third kappa shape index (κ3) is 6.43. The Balaban J connectivity index is 1.71. The summed E-state index contributed by atoms with van der Waals surface area (Å²) < 4.78 is 41.8. The van der Waals surface area contributed by atoms with Gasteiger partial charge in [0, 0.05) is 26.7 Å².